The molecule has 0 saturated carbocycles. The van der Waals surface area contributed by atoms with Crippen molar-refractivity contribution in [1.29, 1.82) is 0 Å². The number of hydrogen-bond donors (Lipinski definition) is 0. The molecule has 0 atom stereocenters. The number of alkyl halides is 1. The molecule has 0 bridgehead atoms. The summed E-state index contributed by atoms with van der Waals surface area (Å²) in [6.45, 7) is 0. The highest BCUT2D eigenvalue weighted by Gasteiger charge is 2.10. The summed E-state index contributed by atoms with van der Waals surface area (Å²) in [5, 5.41) is 5.32. The molecule has 0 saturated heterocycles. The first-order chi connectivity index (χ1) is 9.78. The van der Waals surface area contributed by atoms with Crippen LogP contribution in [0, 0.1) is 5.82 Å². The Hall–Kier alpha value is -1.94. The van der Waals surface area contributed by atoms with Gasteiger partial charge in [-0.05, 0) is 42.5 Å². The van der Waals surface area contributed by atoms with E-state index in [0.717, 1.165) is 22.6 Å². The summed E-state index contributed by atoms with van der Waals surface area (Å²) in [7, 11) is 0. The zero-order chi connectivity index (χ0) is 13.9. The van der Waals surface area contributed by atoms with Crippen molar-refractivity contribution in [3.8, 4) is 16.9 Å². The van der Waals surface area contributed by atoms with Crippen LogP contribution in [0.3, 0.4) is 0 Å². The van der Waals surface area contributed by atoms with Gasteiger partial charge in [0.05, 0.1) is 17.1 Å². The molecule has 0 N–H and O–H groups in total. The fourth-order valence-corrected chi connectivity index (χ4v) is 2.47. The molecule has 20 heavy (non-hydrogen) atoms. The van der Waals surface area contributed by atoms with Crippen molar-refractivity contribution in [2.24, 2.45) is 0 Å². The molecule has 4 heteroatoms. The van der Waals surface area contributed by atoms with E-state index in [1.54, 1.807) is 12.1 Å². The summed E-state index contributed by atoms with van der Waals surface area (Å²) in [6.07, 6.45) is 0. The number of para-hydroxylation sites is 1. The van der Waals surface area contributed by atoms with E-state index in [1.165, 1.54) is 12.1 Å². The molecule has 0 unspecified atom stereocenters. The molecule has 0 aliphatic rings. The molecule has 1 heterocycles. The number of hydrogen-bond acceptors (Lipinski definition) is 1. The van der Waals surface area contributed by atoms with Crippen LogP contribution in [0.2, 0.25) is 0 Å². The van der Waals surface area contributed by atoms with Crippen LogP contribution in [0.5, 0.6) is 0 Å². The minimum atomic E-state index is -0.239. The SMILES string of the molecule is Fc1ccc(-c2cc(CBr)n(-c3ccccc3)n2)cc1. The summed E-state index contributed by atoms with van der Waals surface area (Å²) in [6, 6.07) is 18.3. The van der Waals surface area contributed by atoms with Crippen LogP contribution in [-0.2, 0) is 5.33 Å². The van der Waals surface area contributed by atoms with Gasteiger partial charge in [0.2, 0.25) is 0 Å². The van der Waals surface area contributed by atoms with Crippen molar-refractivity contribution < 1.29 is 4.39 Å². The van der Waals surface area contributed by atoms with E-state index in [2.05, 4.69) is 21.0 Å². The zero-order valence-corrected chi connectivity index (χ0v) is 12.2. The van der Waals surface area contributed by atoms with Crippen LogP contribution in [0.25, 0.3) is 16.9 Å². The highest BCUT2D eigenvalue weighted by molar-refractivity contribution is 9.08. The van der Waals surface area contributed by atoms with E-state index in [0.29, 0.717) is 5.33 Å². The van der Waals surface area contributed by atoms with Crippen molar-refractivity contribution >= 4 is 15.9 Å². The summed E-state index contributed by atoms with van der Waals surface area (Å²) >= 11 is 3.48. The maximum absolute atomic E-state index is 13.0. The number of halogens is 2. The Labute approximate surface area is 125 Å². The van der Waals surface area contributed by atoms with Gasteiger partial charge in [-0.2, -0.15) is 5.10 Å². The lowest BCUT2D eigenvalue weighted by molar-refractivity contribution is 0.628. The monoisotopic (exact) mass is 330 g/mol. The zero-order valence-electron chi connectivity index (χ0n) is 10.6. The second-order valence-corrected chi connectivity index (χ2v) is 4.97. The quantitative estimate of drug-likeness (QED) is 0.643. The molecule has 0 fully saturated rings. The first-order valence-corrected chi connectivity index (χ1v) is 7.36. The van der Waals surface area contributed by atoms with Gasteiger partial charge in [-0.3, -0.25) is 0 Å². The highest BCUT2D eigenvalue weighted by Crippen LogP contribution is 2.23. The topological polar surface area (TPSA) is 17.8 Å². The second kappa shape index (κ2) is 5.59. The largest absolute Gasteiger partial charge is 0.236 e. The van der Waals surface area contributed by atoms with Gasteiger partial charge < -0.3 is 0 Å². The van der Waals surface area contributed by atoms with Crippen LogP contribution in [0.4, 0.5) is 4.39 Å². The molecule has 0 spiro atoms. The van der Waals surface area contributed by atoms with Crippen LogP contribution >= 0.6 is 15.9 Å². The van der Waals surface area contributed by atoms with E-state index in [-0.39, 0.29) is 5.82 Å². The summed E-state index contributed by atoms with van der Waals surface area (Å²) in [5.74, 6) is -0.239. The Morgan fingerprint density at radius 1 is 1.00 bits per heavy atom. The Kier molecular flexibility index (Phi) is 3.65. The van der Waals surface area contributed by atoms with E-state index >= 15 is 0 Å². The predicted molar refractivity (Wildman–Crippen MR) is 81.6 cm³/mol. The van der Waals surface area contributed by atoms with Gasteiger partial charge in [0.15, 0.2) is 0 Å². The van der Waals surface area contributed by atoms with E-state index in [9.17, 15) is 4.39 Å². The first-order valence-electron chi connectivity index (χ1n) is 6.24. The normalized spacial score (nSPS) is 10.7. The fraction of sp³-hybridized carbons (Fsp3) is 0.0625. The van der Waals surface area contributed by atoms with Gasteiger partial charge >= 0.3 is 0 Å². The average molecular weight is 331 g/mol. The molecular formula is C16H12BrFN2. The van der Waals surface area contributed by atoms with Gasteiger partial charge in [-0.1, -0.05) is 34.1 Å². The fourth-order valence-electron chi connectivity index (χ4n) is 2.07. The Morgan fingerprint density at radius 2 is 1.70 bits per heavy atom. The molecule has 1 aromatic heterocycles. The third-order valence-electron chi connectivity index (χ3n) is 3.06. The van der Waals surface area contributed by atoms with Crippen LogP contribution < -0.4 is 0 Å². The minimum Gasteiger partial charge on any atom is -0.236 e. The lowest BCUT2D eigenvalue weighted by Crippen LogP contribution is -1.99. The first kappa shape index (κ1) is 13.1. The number of nitrogens with zero attached hydrogens (tertiary/aromatic N) is 2. The summed E-state index contributed by atoms with van der Waals surface area (Å²) in [5.41, 5.74) is 3.80. The van der Waals surface area contributed by atoms with Crippen molar-refractivity contribution in [3.63, 3.8) is 0 Å². The molecule has 0 radical (unpaired) electrons. The van der Waals surface area contributed by atoms with Crippen LogP contribution in [-0.4, -0.2) is 9.78 Å². The summed E-state index contributed by atoms with van der Waals surface area (Å²) in [4.78, 5) is 0. The molecule has 3 aromatic rings. The van der Waals surface area contributed by atoms with E-state index in [1.807, 2.05) is 41.1 Å². The number of rotatable bonds is 3. The summed E-state index contributed by atoms with van der Waals surface area (Å²) < 4.78 is 14.9. The number of aromatic nitrogens is 2. The molecule has 3 rings (SSSR count). The lowest BCUT2D eigenvalue weighted by atomic mass is 10.1. The number of benzene rings is 2. The second-order valence-electron chi connectivity index (χ2n) is 4.41. The molecule has 0 amide bonds. The standard InChI is InChI=1S/C16H12BrFN2/c17-11-15-10-16(12-6-8-13(18)9-7-12)19-20(15)14-4-2-1-3-5-14/h1-10H,11H2. The maximum atomic E-state index is 13.0. The van der Waals surface area contributed by atoms with Crippen molar-refractivity contribution in [3.05, 3.63) is 72.2 Å². The Bertz CT molecular complexity index is 705. The molecule has 100 valence electrons. The molecule has 2 aromatic carbocycles. The van der Waals surface area contributed by atoms with Gasteiger partial charge in [0, 0.05) is 10.9 Å². The Morgan fingerprint density at radius 3 is 2.35 bits per heavy atom. The minimum absolute atomic E-state index is 0.239. The molecule has 2 nitrogen and oxygen atoms in total. The molecular weight excluding hydrogens is 319 g/mol. The van der Waals surface area contributed by atoms with E-state index in [4.69, 9.17) is 0 Å². The van der Waals surface area contributed by atoms with Crippen molar-refractivity contribution in [2.45, 2.75) is 5.33 Å². The Balaban J connectivity index is 2.07. The van der Waals surface area contributed by atoms with Gasteiger partial charge in [-0.15, -0.1) is 0 Å². The lowest BCUT2D eigenvalue weighted by Gasteiger charge is -2.04. The molecule has 0 aliphatic heterocycles. The highest BCUT2D eigenvalue weighted by atomic mass is 79.9. The van der Waals surface area contributed by atoms with Crippen LogP contribution in [0.15, 0.2) is 60.7 Å². The van der Waals surface area contributed by atoms with Gasteiger partial charge in [0.1, 0.15) is 5.82 Å². The third kappa shape index (κ3) is 2.51. The third-order valence-corrected chi connectivity index (χ3v) is 3.64. The average Bonchev–Trinajstić information content (AvgIpc) is 2.93. The van der Waals surface area contributed by atoms with Gasteiger partial charge in [-0.25, -0.2) is 9.07 Å². The van der Waals surface area contributed by atoms with Gasteiger partial charge in [0.25, 0.3) is 0 Å². The van der Waals surface area contributed by atoms with Crippen molar-refractivity contribution in [2.75, 3.05) is 0 Å². The predicted octanol–water partition coefficient (Wildman–Crippen LogP) is 4.57. The maximum Gasteiger partial charge on any atom is 0.123 e. The smallest absolute Gasteiger partial charge is 0.123 e. The van der Waals surface area contributed by atoms with Crippen molar-refractivity contribution in [1.82, 2.24) is 9.78 Å². The van der Waals surface area contributed by atoms with E-state index < -0.39 is 0 Å². The molecule has 0 aliphatic carbocycles. The van der Waals surface area contributed by atoms with Crippen LogP contribution in [0.1, 0.15) is 5.69 Å².